The third-order valence-corrected chi connectivity index (χ3v) is 5.72. The van der Waals surface area contributed by atoms with Gasteiger partial charge in [0.25, 0.3) is 0 Å². The Morgan fingerprint density at radius 3 is 2.55 bits per heavy atom. The Balaban J connectivity index is 1.85. The number of nitrogens with zero attached hydrogens (tertiary/aromatic N) is 5. The monoisotopic (exact) mass is 438 g/mol. The molecule has 1 unspecified atom stereocenters. The third-order valence-electron chi connectivity index (χ3n) is 5.72. The summed E-state index contributed by atoms with van der Waals surface area (Å²) in [7, 11) is 3.48. The summed E-state index contributed by atoms with van der Waals surface area (Å²) in [5, 5.41) is 19.5. The highest BCUT2D eigenvalue weighted by atomic mass is 16.5. The molecule has 4 aromatic rings. The minimum absolute atomic E-state index is 0.0580. The van der Waals surface area contributed by atoms with Crippen LogP contribution in [0.4, 0.5) is 0 Å². The first kappa shape index (κ1) is 20.4. The molecule has 2 aromatic heterocycles. The van der Waals surface area contributed by atoms with Crippen LogP contribution in [-0.2, 0) is 7.05 Å². The largest absolute Gasteiger partial charge is 0.497 e. The van der Waals surface area contributed by atoms with E-state index < -0.39 is 5.92 Å². The minimum Gasteiger partial charge on any atom is -0.497 e. The molecule has 1 aliphatic rings. The van der Waals surface area contributed by atoms with Crippen molar-refractivity contribution in [3.05, 3.63) is 88.9 Å². The molecular formula is C25H22N6O2. The number of para-hydroxylation sites is 1. The number of methoxy groups -OCH3 is 1. The fourth-order valence-electron chi connectivity index (χ4n) is 4.26. The second kappa shape index (κ2) is 7.88. The highest BCUT2D eigenvalue weighted by Gasteiger charge is 2.38. The van der Waals surface area contributed by atoms with Gasteiger partial charge in [-0.2, -0.15) is 20.1 Å². The van der Waals surface area contributed by atoms with Crippen molar-refractivity contribution < 1.29 is 9.47 Å². The highest BCUT2D eigenvalue weighted by Crippen LogP contribution is 2.48. The van der Waals surface area contributed by atoms with Gasteiger partial charge >= 0.3 is 0 Å². The maximum Gasteiger partial charge on any atom is 0.229 e. The number of nitrogens with two attached hydrogens (primary N) is 1. The first-order valence-electron chi connectivity index (χ1n) is 10.4. The fraction of sp³-hybridized carbons (Fsp3) is 0.160. The van der Waals surface area contributed by atoms with Crippen LogP contribution < -0.4 is 15.2 Å². The number of hydrogen-bond acceptors (Lipinski definition) is 6. The molecular weight excluding hydrogens is 416 g/mol. The molecule has 0 radical (unpaired) electrons. The fourth-order valence-corrected chi connectivity index (χ4v) is 4.26. The predicted molar refractivity (Wildman–Crippen MR) is 123 cm³/mol. The van der Waals surface area contributed by atoms with E-state index in [-0.39, 0.29) is 5.88 Å². The van der Waals surface area contributed by atoms with Crippen LogP contribution in [0.5, 0.6) is 11.6 Å². The van der Waals surface area contributed by atoms with Gasteiger partial charge in [0.15, 0.2) is 0 Å². The minimum atomic E-state index is -0.489. The van der Waals surface area contributed by atoms with Crippen molar-refractivity contribution in [2.75, 3.05) is 7.11 Å². The molecule has 33 heavy (non-hydrogen) atoms. The number of rotatable bonds is 4. The lowest BCUT2D eigenvalue weighted by Gasteiger charge is -2.25. The zero-order valence-electron chi connectivity index (χ0n) is 18.5. The van der Waals surface area contributed by atoms with Gasteiger partial charge in [0, 0.05) is 7.05 Å². The number of ether oxygens (including phenoxy) is 2. The quantitative estimate of drug-likeness (QED) is 0.520. The zero-order chi connectivity index (χ0) is 23.1. The second-order valence-corrected chi connectivity index (χ2v) is 7.81. The first-order chi connectivity index (χ1) is 16.0. The van der Waals surface area contributed by atoms with Crippen molar-refractivity contribution in [2.24, 2.45) is 12.8 Å². The van der Waals surface area contributed by atoms with Gasteiger partial charge in [-0.25, -0.2) is 0 Å². The molecule has 0 saturated heterocycles. The molecule has 3 heterocycles. The average Bonchev–Trinajstić information content (AvgIpc) is 3.37. The number of hydrogen-bond donors (Lipinski definition) is 1. The summed E-state index contributed by atoms with van der Waals surface area (Å²) in [5.74, 6) is 0.725. The molecule has 0 fully saturated rings. The maximum atomic E-state index is 10.0. The summed E-state index contributed by atoms with van der Waals surface area (Å²) < 4.78 is 15.0. The molecule has 1 atom stereocenters. The van der Waals surface area contributed by atoms with E-state index in [0.717, 1.165) is 28.2 Å². The van der Waals surface area contributed by atoms with Gasteiger partial charge in [0.1, 0.15) is 23.1 Å². The summed E-state index contributed by atoms with van der Waals surface area (Å²) in [4.78, 5) is 0. The Hall–Kier alpha value is -4.51. The number of benzene rings is 2. The number of fused-ring (bicyclic) bond motifs is 1. The Morgan fingerprint density at radius 2 is 1.88 bits per heavy atom. The van der Waals surface area contributed by atoms with Crippen molar-refractivity contribution in [3.8, 4) is 34.8 Å². The number of allylic oxidation sites excluding steroid dienone is 1. The van der Waals surface area contributed by atoms with Crippen LogP contribution in [0.15, 0.2) is 72.1 Å². The summed E-state index contributed by atoms with van der Waals surface area (Å²) in [6.45, 7) is 1.93. The van der Waals surface area contributed by atoms with Crippen LogP contribution in [-0.4, -0.2) is 26.7 Å². The smallest absolute Gasteiger partial charge is 0.229 e. The Bertz CT molecular complexity index is 1430. The SMILES string of the molecule is COc1cccc(C2C(C#N)=C(N)Oc3c2c(-c2cc(C)nn2C)nn3-c2ccccc2)c1. The van der Waals surface area contributed by atoms with Gasteiger partial charge in [-0.3, -0.25) is 4.68 Å². The van der Waals surface area contributed by atoms with Crippen molar-refractivity contribution in [1.82, 2.24) is 19.6 Å². The lowest BCUT2D eigenvalue weighted by atomic mass is 9.83. The third kappa shape index (κ3) is 3.31. The van der Waals surface area contributed by atoms with Crippen LogP contribution in [0.2, 0.25) is 0 Å². The predicted octanol–water partition coefficient (Wildman–Crippen LogP) is 3.81. The van der Waals surface area contributed by atoms with Crippen molar-refractivity contribution in [1.29, 1.82) is 5.26 Å². The van der Waals surface area contributed by atoms with Crippen molar-refractivity contribution >= 4 is 0 Å². The van der Waals surface area contributed by atoms with E-state index >= 15 is 0 Å². The normalized spacial score (nSPS) is 15.0. The van der Waals surface area contributed by atoms with Crippen molar-refractivity contribution in [3.63, 3.8) is 0 Å². The molecule has 0 saturated carbocycles. The van der Waals surface area contributed by atoms with Crippen LogP contribution in [0.3, 0.4) is 0 Å². The summed E-state index contributed by atoms with van der Waals surface area (Å²) >= 11 is 0. The van der Waals surface area contributed by atoms with Crippen LogP contribution >= 0.6 is 0 Å². The lowest BCUT2D eigenvalue weighted by Crippen LogP contribution is -2.22. The Labute approximate surface area is 191 Å². The van der Waals surface area contributed by atoms with Gasteiger partial charge in [-0.15, -0.1) is 0 Å². The highest BCUT2D eigenvalue weighted by molar-refractivity contribution is 5.70. The zero-order valence-corrected chi connectivity index (χ0v) is 18.5. The van der Waals surface area contributed by atoms with Gasteiger partial charge in [0.2, 0.25) is 11.8 Å². The van der Waals surface area contributed by atoms with Crippen LogP contribution in [0, 0.1) is 18.3 Å². The average molecular weight is 438 g/mol. The first-order valence-corrected chi connectivity index (χ1v) is 10.4. The molecule has 2 N–H and O–H groups in total. The van der Waals surface area contributed by atoms with Crippen LogP contribution in [0.1, 0.15) is 22.7 Å². The van der Waals surface area contributed by atoms with Crippen LogP contribution in [0.25, 0.3) is 17.1 Å². The van der Waals surface area contributed by atoms with Gasteiger partial charge < -0.3 is 15.2 Å². The molecule has 0 spiro atoms. The van der Waals surface area contributed by atoms with E-state index in [0.29, 0.717) is 22.9 Å². The Kier molecular flexibility index (Phi) is 4.87. The number of aromatic nitrogens is 4. The topological polar surface area (TPSA) is 104 Å². The van der Waals surface area contributed by atoms with Gasteiger partial charge in [0.05, 0.1) is 35.7 Å². The van der Waals surface area contributed by atoms with E-state index in [4.69, 9.17) is 20.3 Å². The summed E-state index contributed by atoms with van der Waals surface area (Å²) in [5.41, 5.74) is 11.4. The van der Waals surface area contributed by atoms with E-state index in [1.54, 1.807) is 16.5 Å². The molecule has 164 valence electrons. The van der Waals surface area contributed by atoms with E-state index in [9.17, 15) is 5.26 Å². The second-order valence-electron chi connectivity index (χ2n) is 7.81. The molecule has 8 nitrogen and oxygen atoms in total. The lowest BCUT2D eigenvalue weighted by molar-refractivity contribution is 0.367. The summed E-state index contributed by atoms with van der Waals surface area (Å²) in [6, 6.07) is 21.5. The number of aryl methyl sites for hydroxylation is 2. The Morgan fingerprint density at radius 1 is 1.09 bits per heavy atom. The molecule has 5 rings (SSSR count). The maximum absolute atomic E-state index is 10.0. The molecule has 8 heteroatoms. The standard InChI is InChI=1S/C25H22N6O2/c1-15-12-20(30(2)28-15)23-22-21(16-8-7-11-18(13-16)32-3)19(14-26)24(27)33-25(22)31(29-23)17-9-5-4-6-10-17/h4-13,21H,27H2,1-3H3. The van der Waals surface area contributed by atoms with Crippen molar-refractivity contribution in [2.45, 2.75) is 12.8 Å². The van der Waals surface area contributed by atoms with Gasteiger partial charge in [-0.05, 0) is 42.8 Å². The van der Waals surface area contributed by atoms with E-state index in [1.165, 1.54) is 0 Å². The number of nitriles is 1. The molecule has 0 amide bonds. The van der Waals surface area contributed by atoms with E-state index in [2.05, 4.69) is 11.2 Å². The van der Waals surface area contributed by atoms with E-state index in [1.807, 2.05) is 74.6 Å². The molecule has 0 bridgehead atoms. The summed E-state index contributed by atoms with van der Waals surface area (Å²) in [6.07, 6.45) is 0. The molecule has 2 aromatic carbocycles. The molecule has 1 aliphatic heterocycles. The van der Waals surface area contributed by atoms with Gasteiger partial charge in [-0.1, -0.05) is 30.3 Å². The molecule has 0 aliphatic carbocycles.